The Bertz CT molecular complexity index is 347. The van der Waals surface area contributed by atoms with Crippen molar-refractivity contribution in [2.45, 2.75) is 19.0 Å². The second-order valence-corrected chi connectivity index (χ2v) is 4.93. The van der Waals surface area contributed by atoms with Crippen molar-refractivity contribution >= 4 is 0 Å². The third-order valence-corrected chi connectivity index (χ3v) is 3.69. The Morgan fingerprint density at radius 2 is 2.06 bits per heavy atom. The van der Waals surface area contributed by atoms with Crippen LogP contribution < -0.4 is 10.6 Å². The molecule has 1 aromatic rings. The third-order valence-electron chi connectivity index (χ3n) is 3.69. The Hall–Kier alpha value is -0.900. The fourth-order valence-corrected chi connectivity index (χ4v) is 2.55. The molecule has 1 heterocycles. The van der Waals surface area contributed by atoms with Crippen molar-refractivity contribution in [1.82, 2.24) is 15.5 Å². The summed E-state index contributed by atoms with van der Waals surface area (Å²) in [6, 6.07) is 9.77. The van der Waals surface area contributed by atoms with Crippen LogP contribution in [0.15, 0.2) is 24.3 Å². The number of benzene rings is 1. The van der Waals surface area contributed by atoms with E-state index in [9.17, 15) is 0 Å². The maximum atomic E-state index is 3.48. The van der Waals surface area contributed by atoms with E-state index in [0.29, 0.717) is 12.1 Å². The van der Waals surface area contributed by atoms with E-state index in [2.05, 4.69) is 53.8 Å². The molecular weight excluding hydrogens is 210 g/mol. The van der Waals surface area contributed by atoms with Crippen LogP contribution in [0, 0.1) is 6.92 Å². The van der Waals surface area contributed by atoms with Crippen LogP contribution in [0.5, 0.6) is 0 Å². The molecule has 2 rings (SSSR count). The standard InChI is InChI=1S/C14H23N3/c1-11-4-6-12(7-5-11)14(15-2)13-10-16-8-9-17(13)3/h4-7,13-16H,8-10H2,1-3H3. The number of piperazine rings is 1. The summed E-state index contributed by atoms with van der Waals surface area (Å²) >= 11 is 0. The van der Waals surface area contributed by atoms with Crippen molar-refractivity contribution in [2.24, 2.45) is 0 Å². The molecule has 2 unspecified atom stereocenters. The zero-order valence-electron chi connectivity index (χ0n) is 11.0. The molecule has 94 valence electrons. The highest BCUT2D eigenvalue weighted by atomic mass is 15.2. The van der Waals surface area contributed by atoms with Gasteiger partial charge >= 0.3 is 0 Å². The predicted molar refractivity (Wildman–Crippen MR) is 72.3 cm³/mol. The molecule has 1 aromatic carbocycles. The summed E-state index contributed by atoms with van der Waals surface area (Å²) in [6.07, 6.45) is 0. The second-order valence-electron chi connectivity index (χ2n) is 4.93. The van der Waals surface area contributed by atoms with Gasteiger partial charge in [0.05, 0.1) is 0 Å². The molecule has 1 fully saturated rings. The molecule has 2 atom stereocenters. The number of nitrogens with zero attached hydrogens (tertiary/aromatic N) is 1. The van der Waals surface area contributed by atoms with Crippen molar-refractivity contribution in [2.75, 3.05) is 33.7 Å². The lowest BCUT2D eigenvalue weighted by Crippen LogP contribution is -2.54. The normalized spacial score (nSPS) is 23.6. The van der Waals surface area contributed by atoms with Gasteiger partial charge in [0.15, 0.2) is 0 Å². The number of hydrogen-bond donors (Lipinski definition) is 2. The van der Waals surface area contributed by atoms with Crippen LogP contribution in [-0.2, 0) is 0 Å². The average Bonchev–Trinajstić information content (AvgIpc) is 2.35. The molecule has 3 nitrogen and oxygen atoms in total. The Kier molecular flexibility index (Phi) is 4.15. The molecule has 1 aliphatic rings. The fraction of sp³-hybridized carbons (Fsp3) is 0.571. The Balaban J connectivity index is 2.17. The number of aryl methyl sites for hydroxylation is 1. The first kappa shape index (κ1) is 12.6. The Morgan fingerprint density at radius 3 is 2.65 bits per heavy atom. The summed E-state index contributed by atoms with van der Waals surface area (Å²) in [5.74, 6) is 0. The second kappa shape index (κ2) is 5.63. The van der Waals surface area contributed by atoms with Gasteiger partial charge in [-0.25, -0.2) is 0 Å². The summed E-state index contributed by atoms with van der Waals surface area (Å²) in [5, 5.41) is 6.94. The van der Waals surface area contributed by atoms with Crippen molar-refractivity contribution in [3.05, 3.63) is 35.4 Å². The first-order valence-electron chi connectivity index (χ1n) is 6.37. The van der Waals surface area contributed by atoms with Crippen LogP contribution in [-0.4, -0.2) is 44.7 Å². The molecule has 0 amide bonds. The molecule has 0 spiro atoms. The van der Waals surface area contributed by atoms with Crippen LogP contribution in [0.1, 0.15) is 17.2 Å². The van der Waals surface area contributed by atoms with Crippen LogP contribution >= 0.6 is 0 Å². The van der Waals surface area contributed by atoms with Gasteiger partial charge in [-0.15, -0.1) is 0 Å². The van der Waals surface area contributed by atoms with Crippen molar-refractivity contribution in [1.29, 1.82) is 0 Å². The zero-order valence-corrected chi connectivity index (χ0v) is 11.0. The molecular formula is C14H23N3. The van der Waals surface area contributed by atoms with Gasteiger partial charge in [-0.2, -0.15) is 0 Å². The van der Waals surface area contributed by atoms with Gasteiger partial charge < -0.3 is 10.6 Å². The SMILES string of the molecule is CNC(c1ccc(C)cc1)C1CNCCN1C. The highest BCUT2D eigenvalue weighted by Crippen LogP contribution is 2.21. The first-order chi connectivity index (χ1) is 8.22. The van der Waals surface area contributed by atoms with E-state index in [-0.39, 0.29) is 0 Å². The lowest BCUT2D eigenvalue weighted by Gasteiger charge is -2.38. The van der Waals surface area contributed by atoms with Crippen LogP contribution in [0.2, 0.25) is 0 Å². The monoisotopic (exact) mass is 233 g/mol. The smallest absolute Gasteiger partial charge is 0.0488 e. The molecule has 0 bridgehead atoms. The quantitative estimate of drug-likeness (QED) is 0.820. The van der Waals surface area contributed by atoms with E-state index in [4.69, 9.17) is 0 Å². The highest BCUT2D eigenvalue weighted by molar-refractivity contribution is 5.25. The van der Waals surface area contributed by atoms with Crippen LogP contribution in [0.25, 0.3) is 0 Å². The van der Waals surface area contributed by atoms with Gasteiger partial charge in [-0.1, -0.05) is 29.8 Å². The number of likely N-dealkylation sites (N-methyl/N-ethyl adjacent to an activating group) is 2. The number of nitrogens with one attached hydrogen (secondary N) is 2. The van der Waals surface area contributed by atoms with Gasteiger partial charge in [0, 0.05) is 31.7 Å². The summed E-state index contributed by atoms with van der Waals surface area (Å²) in [7, 11) is 4.26. The number of rotatable bonds is 3. The van der Waals surface area contributed by atoms with E-state index < -0.39 is 0 Å². The fourth-order valence-electron chi connectivity index (χ4n) is 2.55. The summed E-state index contributed by atoms with van der Waals surface area (Å²) < 4.78 is 0. The Labute approximate surface area is 104 Å². The van der Waals surface area contributed by atoms with Gasteiger partial charge in [-0.3, -0.25) is 4.90 Å². The molecule has 2 N–H and O–H groups in total. The summed E-state index contributed by atoms with van der Waals surface area (Å²) in [5.41, 5.74) is 2.69. The molecule has 3 heteroatoms. The maximum absolute atomic E-state index is 3.48. The van der Waals surface area contributed by atoms with Crippen LogP contribution in [0.4, 0.5) is 0 Å². The van der Waals surface area contributed by atoms with E-state index in [1.54, 1.807) is 0 Å². The topological polar surface area (TPSA) is 27.3 Å². The lowest BCUT2D eigenvalue weighted by atomic mass is 9.96. The molecule has 17 heavy (non-hydrogen) atoms. The van der Waals surface area contributed by atoms with Gasteiger partial charge in [-0.05, 0) is 26.6 Å². The van der Waals surface area contributed by atoms with E-state index in [1.165, 1.54) is 11.1 Å². The first-order valence-corrected chi connectivity index (χ1v) is 6.37. The highest BCUT2D eigenvalue weighted by Gasteiger charge is 2.27. The third kappa shape index (κ3) is 2.86. The lowest BCUT2D eigenvalue weighted by molar-refractivity contribution is 0.162. The van der Waals surface area contributed by atoms with Crippen molar-refractivity contribution in [3.8, 4) is 0 Å². The number of hydrogen-bond acceptors (Lipinski definition) is 3. The Morgan fingerprint density at radius 1 is 1.35 bits per heavy atom. The van der Waals surface area contributed by atoms with E-state index in [1.807, 2.05) is 7.05 Å². The molecule has 0 aromatic heterocycles. The summed E-state index contributed by atoms with van der Waals surface area (Å²) in [6.45, 7) is 5.40. The minimum atomic E-state index is 0.397. The van der Waals surface area contributed by atoms with Crippen molar-refractivity contribution < 1.29 is 0 Å². The molecule has 1 saturated heterocycles. The van der Waals surface area contributed by atoms with Gasteiger partial charge in [0.1, 0.15) is 0 Å². The molecule has 0 saturated carbocycles. The van der Waals surface area contributed by atoms with Crippen LogP contribution in [0.3, 0.4) is 0 Å². The molecule has 0 radical (unpaired) electrons. The largest absolute Gasteiger partial charge is 0.314 e. The minimum Gasteiger partial charge on any atom is -0.314 e. The predicted octanol–water partition coefficient (Wildman–Crippen LogP) is 1.16. The van der Waals surface area contributed by atoms with Crippen molar-refractivity contribution in [3.63, 3.8) is 0 Å². The summed E-state index contributed by atoms with van der Waals surface area (Å²) in [4.78, 5) is 2.44. The average molecular weight is 233 g/mol. The van der Waals surface area contributed by atoms with E-state index in [0.717, 1.165) is 19.6 Å². The van der Waals surface area contributed by atoms with Gasteiger partial charge in [0.25, 0.3) is 0 Å². The van der Waals surface area contributed by atoms with E-state index >= 15 is 0 Å². The molecule has 1 aliphatic heterocycles. The molecule has 0 aliphatic carbocycles. The minimum absolute atomic E-state index is 0.397. The maximum Gasteiger partial charge on any atom is 0.0488 e. The van der Waals surface area contributed by atoms with Gasteiger partial charge in [0.2, 0.25) is 0 Å². The zero-order chi connectivity index (χ0) is 12.3.